The van der Waals surface area contributed by atoms with Crippen molar-refractivity contribution in [2.75, 3.05) is 14.2 Å². The van der Waals surface area contributed by atoms with E-state index in [1.54, 1.807) is 14.2 Å². The summed E-state index contributed by atoms with van der Waals surface area (Å²) in [6.45, 7) is 6.65. The predicted octanol–water partition coefficient (Wildman–Crippen LogP) is 5.20. The third-order valence-corrected chi connectivity index (χ3v) is 6.04. The van der Waals surface area contributed by atoms with Gasteiger partial charge in [-0.2, -0.15) is 0 Å². The number of hydrogen-bond acceptors (Lipinski definition) is 4. The predicted molar refractivity (Wildman–Crippen MR) is 116 cm³/mol. The van der Waals surface area contributed by atoms with Gasteiger partial charge in [0, 0.05) is 38.9 Å². The van der Waals surface area contributed by atoms with Crippen LogP contribution in [-0.4, -0.2) is 43.3 Å². The van der Waals surface area contributed by atoms with Gasteiger partial charge in [0.15, 0.2) is 0 Å². The summed E-state index contributed by atoms with van der Waals surface area (Å²) in [5.41, 5.74) is 0.0337. The number of carbonyl (C=O) groups is 2. The summed E-state index contributed by atoms with van der Waals surface area (Å²) in [5.74, 6) is -0.591. The topological polar surface area (TPSA) is 72.8 Å². The second-order valence-corrected chi connectivity index (χ2v) is 8.75. The van der Waals surface area contributed by atoms with E-state index in [-0.39, 0.29) is 41.7 Å². The summed E-state index contributed by atoms with van der Waals surface area (Å²) in [6.07, 6.45) is 14.2. The standard InChI is InChI=1S/C24H40O5/c1-6-7-16-24(2,3)22(29-5)15-14-19-18(20(25)17-21(19)28-4)12-10-8-9-11-13-23(26)27/h8,10,14-15,18-19,21-22H,6-7,9,11-13,16-17H2,1-5H3,(H,26,27)/b10-8-,15-14+/t18-,19-,21-,22-/m1/s1. The zero-order valence-corrected chi connectivity index (χ0v) is 18.9. The molecule has 0 aromatic rings. The number of ether oxygens (including phenoxy) is 2. The van der Waals surface area contributed by atoms with Crippen molar-refractivity contribution in [1.29, 1.82) is 0 Å². The minimum atomic E-state index is -0.771. The van der Waals surface area contributed by atoms with Crippen molar-refractivity contribution < 1.29 is 24.2 Å². The second kappa shape index (κ2) is 13.0. The number of hydrogen-bond donors (Lipinski definition) is 1. The van der Waals surface area contributed by atoms with E-state index in [2.05, 4.69) is 32.9 Å². The Morgan fingerprint density at radius 3 is 2.59 bits per heavy atom. The van der Waals surface area contributed by atoms with Gasteiger partial charge < -0.3 is 14.6 Å². The van der Waals surface area contributed by atoms with E-state index in [0.29, 0.717) is 19.3 Å². The fraction of sp³-hybridized carbons (Fsp3) is 0.750. The highest BCUT2D eigenvalue weighted by molar-refractivity contribution is 5.84. The molecule has 1 saturated carbocycles. The van der Waals surface area contributed by atoms with Gasteiger partial charge in [0.25, 0.3) is 0 Å². The molecule has 0 unspecified atom stereocenters. The van der Waals surface area contributed by atoms with Crippen molar-refractivity contribution in [2.45, 2.75) is 84.3 Å². The first-order valence-electron chi connectivity index (χ1n) is 10.9. The van der Waals surface area contributed by atoms with E-state index < -0.39 is 5.97 Å². The van der Waals surface area contributed by atoms with Crippen molar-refractivity contribution in [3.63, 3.8) is 0 Å². The molecule has 0 aliphatic heterocycles. The average molecular weight is 409 g/mol. The van der Waals surface area contributed by atoms with Gasteiger partial charge in [-0.25, -0.2) is 0 Å². The molecule has 1 fully saturated rings. The van der Waals surface area contributed by atoms with Gasteiger partial charge in [-0.15, -0.1) is 0 Å². The Bertz CT molecular complexity index is 564. The number of methoxy groups -OCH3 is 2. The maximum atomic E-state index is 12.6. The number of carbonyl (C=O) groups excluding carboxylic acids is 1. The molecule has 1 aliphatic rings. The Labute approximate surface area is 176 Å². The molecule has 0 heterocycles. The molecule has 0 radical (unpaired) electrons. The fourth-order valence-corrected chi connectivity index (χ4v) is 4.14. The molecule has 5 nitrogen and oxygen atoms in total. The van der Waals surface area contributed by atoms with Crippen LogP contribution in [0.15, 0.2) is 24.3 Å². The van der Waals surface area contributed by atoms with Crippen molar-refractivity contribution in [2.24, 2.45) is 17.3 Å². The van der Waals surface area contributed by atoms with Crippen molar-refractivity contribution in [1.82, 2.24) is 0 Å². The molecule has 166 valence electrons. The van der Waals surface area contributed by atoms with Crippen LogP contribution in [0.1, 0.15) is 72.1 Å². The number of unbranched alkanes of at least 4 members (excludes halogenated alkanes) is 2. The SMILES string of the molecule is CCCCC(C)(C)[C@@H](/C=C/[C@H]1[C@H](OC)CC(=O)[C@@H]1C/C=C\CCCC(=O)O)OC. The lowest BCUT2D eigenvalue weighted by atomic mass is 9.80. The van der Waals surface area contributed by atoms with E-state index >= 15 is 0 Å². The third kappa shape index (κ3) is 8.43. The maximum absolute atomic E-state index is 12.6. The maximum Gasteiger partial charge on any atom is 0.303 e. The van der Waals surface area contributed by atoms with Crippen LogP contribution in [0, 0.1) is 17.3 Å². The number of aliphatic carboxylic acids is 1. The Kier molecular flexibility index (Phi) is 11.4. The summed E-state index contributed by atoms with van der Waals surface area (Å²) < 4.78 is 11.4. The first kappa shape index (κ1) is 25.6. The average Bonchev–Trinajstić information content (AvgIpc) is 2.98. The van der Waals surface area contributed by atoms with Gasteiger partial charge in [-0.05, 0) is 31.1 Å². The minimum Gasteiger partial charge on any atom is -0.481 e. The van der Waals surface area contributed by atoms with Crippen LogP contribution >= 0.6 is 0 Å². The van der Waals surface area contributed by atoms with Crippen molar-refractivity contribution >= 4 is 11.8 Å². The van der Waals surface area contributed by atoms with E-state index in [1.165, 1.54) is 6.42 Å². The van der Waals surface area contributed by atoms with Gasteiger partial charge in [0.05, 0.1) is 12.2 Å². The van der Waals surface area contributed by atoms with Gasteiger partial charge in [-0.1, -0.05) is 57.9 Å². The summed E-state index contributed by atoms with van der Waals surface area (Å²) >= 11 is 0. The Balaban J connectivity index is 2.79. The van der Waals surface area contributed by atoms with Crippen LogP contribution in [-0.2, 0) is 19.1 Å². The molecule has 0 aromatic heterocycles. The van der Waals surface area contributed by atoms with E-state index in [0.717, 1.165) is 19.3 Å². The summed E-state index contributed by atoms with van der Waals surface area (Å²) in [5, 5.41) is 8.70. The first-order chi connectivity index (χ1) is 13.8. The Morgan fingerprint density at radius 2 is 2.00 bits per heavy atom. The molecular weight excluding hydrogens is 368 g/mol. The molecule has 29 heavy (non-hydrogen) atoms. The highest BCUT2D eigenvalue weighted by Crippen LogP contribution is 2.36. The molecule has 0 spiro atoms. The van der Waals surface area contributed by atoms with Crippen LogP contribution < -0.4 is 0 Å². The lowest BCUT2D eigenvalue weighted by Gasteiger charge is -2.32. The smallest absolute Gasteiger partial charge is 0.303 e. The van der Waals surface area contributed by atoms with Gasteiger partial charge in [0.1, 0.15) is 5.78 Å². The number of allylic oxidation sites excluding steroid dienone is 2. The van der Waals surface area contributed by atoms with Crippen molar-refractivity contribution in [3.05, 3.63) is 24.3 Å². The third-order valence-electron chi connectivity index (χ3n) is 6.04. The van der Waals surface area contributed by atoms with Crippen LogP contribution in [0.4, 0.5) is 0 Å². The summed E-state index contributed by atoms with van der Waals surface area (Å²) in [4.78, 5) is 23.1. The number of ketones is 1. The number of carboxylic acid groups (broad SMARTS) is 1. The molecule has 1 aliphatic carbocycles. The molecule has 0 amide bonds. The van der Waals surface area contributed by atoms with Gasteiger partial charge >= 0.3 is 5.97 Å². The minimum absolute atomic E-state index is 0.00512. The van der Waals surface area contributed by atoms with Gasteiger partial charge in [-0.3, -0.25) is 9.59 Å². The molecular formula is C24H40O5. The van der Waals surface area contributed by atoms with E-state index in [1.807, 2.05) is 12.2 Å². The zero-order chi connectivity index (χ0) is 21.9. The zero-order valence-electron chi connectivity index (χ0n) is 18.9. The van der Waals surface area contributed by atoms with Crippen molar-refractivity contribution in [3.8, 4) is 0 Å². The lowest BCUT2D eigenvalue weighted by molar-refractivity contribution is -0.137. The molecule has 1 N–H and O–H groups in total. The van der Waals surface area contributed by atoms with Crippen LogP contribution in [0.5, 0.6) is 0 Å². The highest BCUT2D eigenvalue weighted by Gasteiger charge is 2.40. The van der Waals surface area contributed by atoms with E-state index in [9.17, 15) is 9.59 Å². The Hall–Kier alpha value is -1.46. The molecule has 0 saturated heterocycles. The molecule has 1 rings (SSSR count). The summed E-state index contributed by atoms with van der Waals surface area (Å²) in [6, 6.07) is 0. The lowest BCUT2D eigenvalue weighted by Crippen LogP contribution is -2.30. The summed E-state index contributed by atoms with van der Waals surface area (Å²) in [7, 11) is 3.41. The highest BCUT2D eigenvalue weighted by atomic mass is 16.5. The first-order valence-corrected chi connectivity index (χ1v) is 10.9. The quantitative estimate of drug-likeness (QED) is 0.316. The molecule has 4 atom stereocenters. The fourth-order valence-electron chi connectivity index (χ4n) is 4.14. The van der Waals surface area contributed by atoms with Crippen LogP contribution in [0.25, 0.3) is 0 Å². The molecule has 5 heteroatoms. The molecule has 0 aromatic carbocycles. The molecule has 0 bridgehead atoms. The van der Waals surface area contributed by atoms with Crippen LogP contribution in [0.2, 0.25) is 0 Å². The van der Waals surface area contributed by atoms with E-state index in [4.69, 9.17) is 14.6 Å². The monoisotopic (exact) mass is 408 g/mol. The second-order valence-electron chi connectivity index (χ2n) is 8.75. The number of carboxylic acids is 1. The van der Waals surface area contributed by atoms with Crippen LogP contribution in [0.3, 0.4) is 0 Å². The number of rotatable bonds is 14. The van der Waals surface area contributed by atoms with Gasteiger partial charge in [0.2, 0.25) is 0 Å². The normalized spacial score (nSPS) is 24.0. The largest absolute Gasteiger partial charge is 0.481 e. The number of Topliss-reactive ketones (excluding diaryl/α,β-unsaturated/α-hetero) is 1. The Morgan fingerprint density at radius 1 is 1.28 bits per heavy atom.